The smallest absolute Gasteiger partial charge is 0.330 e. The number of carbonyl (C=O) groups is 1. The summed E-state index contributed by atoms with van der Waals surface area (Å²) in [4.78, 5) is 12.6. The molecule has 4 heterocycles. The Morgan fingerprint density at radius 3 is 2.81 bits per heavy atom. The molecule has 7 nitrogen and oxygen atoms in total. The van der Waals surface area contributed by atoms with Crippen LogP contribution in [0.15, 0.2) is 48.6 Å². The molecule has 2 saturated heterocycles. The molecule has 4 rings (SSSR count). The molecule has 0 aromatic heterocycles. The van der Waals surface area contributed by atoms with Crippen molar-refractivity contribution in [1.29, 1.82) is 0 Å². The Labute approximate surface area is 214 Å². The number of cyclic esters (lactones) is 1. The first-order chi connectivity index (χ1) is 17.4. The van der Waals surface area contributed by atoms with Crippen molar-refractivity contribution in [3.63, 3.8) is 0 Å². The van der Waals surface area contributed by atoms with Crippen molar-refractivity contribution in [2.75, 3.05) is 6.61 Å². The fourth-order valence-corrected chi connectivity index (χ4v) is 5.47. The molecule has 0 aromatic rings. The molecule has 9 atom stereocenters. The quantitative estimate of drug-likeness (QED) is 0.343. The lowest BCUT2D eigenvalue weighted by Crippen LogP contribution is -2.32. The van der Waals surface area contributed by atoms with E-state index in [2.05, 4.69) is 19.6 Å². The SMILES string of the molecule is C=C1C[C@H](C)C[C@@H]2CC=C[C@@H](C/C=C\C(=O)O[C@H]([C@@H](O)/C=C/C3CCCCO3)C[C@@H]3O[C@H]3[C@@H](O)C1)O2. The first kappa shape index (κ1) is 27.3. The predicted octanol–water partition coefficient (Wildman–Crippen LogP) is 3.94. The van der Waals surface area contributed by atoms with Crippen LogP contribution >= 0.6 is 0 Å². The van der Waals surface area contributed by atoms with Crippen molar-refractivity contribution < 1.29 is 34.0 Å². The van der Waals surface area contributed by atoms with Gasteiger partial charge in [0, 0.05) is 19.1 Å². The van der Waals surface area contributed by atoms with Crippen molar-refractivity contribution in [3.8, 4) is 0 Å². The Bertz CT molecular complexity index is 827. The maximum absolute atomic E-state index is 12.6. The van der Waals surface area contributed by atoms with Crippen LogP contribution in [-0.2, 0) is 23.7 Å². The molecule has 0 radical (unpaired) electrons. The number of fused-ring (bicyclic) bond motifs is 3. The van der Waals surface area contributed by atoms with Gasteiger partial charge in [-0.3, -0.25) is 0 Å². The van der Waals surface area contributed by atoms with Gasteiger partial charge in [-0.05, 0) is 57.3 Å². The number of carbonyl (C=O) groups excluding carboxylic acids is 1. The average molecular weight is 503 g/mol. The first-order valence-corrected chi connectivity index (χ1v) is 13.5. The van der Waals surface area contributed by atoms with Crippen molar-refractivity contribution in [3.05, 3.63) is 48.6 Å². The molecule has 2 fully saturated rings. The predicted molar refractivity (Wildman–Crippen MR) is 136 cm³/mol. The van der Waals surface area contributed by atoms with Crippen LogP contribution in [0, 0.1) is 5.92 Å². The van der Waals surface area contributed by atoms with Crippen molar-refractivity contribution in [2.24, 2.45) is 5.92 Å². The van der Waals surface area contributed by atoms with E-state index in [0.717, 1.165) is 44.1 Å². The first-order valence-electron chi connectivity index (χ1n) is 13.5. The van der Waals surface area contributed by atoms with E-state index in [1.54, 1.807) is 12.2 Å². The lowest BCUT2D eigenvalue weighted by atomic mass is 9.91. The highest BCUT2D eigenvalue weighted by atomic mass is 16.6. The molecule has 0 aliphatic carbocycles. The number of ether oxygens (including phenoxy) is 4. The summed E-state index contributed by atoms with van der Waals surface area (Å²) in [6, 6.07) is 0. The van der Waals surface area contributed by atoms with Crippen molar-refractivity contribution >= 4 is 5.97 Å². The Morgan fingerprint density at radius 2 is 2.00 bits per heavy atom. The third kappa shape index (κ3) is 8.38. The largest absolute Gasteiger partial charge is 0.456 e. The second-order valence-corrected chi connectivity index (χ2v) is 10.8. The van der Waals surface area contributed by atoms with E-state index in [-0.39, 0.29) is 30.5 Å². The maximum Gasteiger partial charge on any atom is 0.330 e. The minimum atomic E-state index is -0.998. The van der Waals surface area contributed by atoms with E-state index in [4.69, 9.17) is 18.9 Å². The van der Waals surface area contributed by atoms with Gasteiger partial charge in [-0.1, -0.05) is 49.5 Å². The number of hydrogen-bond donors (Lipinski definition) is 2. The highest BCUT2D eigenvalue weighted by Gasteiger charge is 2.46. The number of hydrogen-bond acceptors (Lipinski definition) is 7. The molecule has 200 valence electrons. The molecule has 4 aliphatic rings. The number of aliphatic hydroxyl groups is 2. The van der Waals surface area contributed by atoms with Gasteiger partial charge in [0.2, 0.25) is 0 Å². The Hall–Kier alpha value is -1.77. The topological polar surface area (TPSA) is 97.8 Å². The van der Waals surface area contributed by atoms with E-state index in [1.165, 1.54) is 6.08 Å². The standard InChI is InChI=1S/C29H42O7/c1-19-15-20(2)17-25(31)29-27(36-29)18-26(24(30)13-12-21-7-3-4-14-33-21)35-28(32)11-6-9-22-8-5-10-23(16-19)34-22/h5-6,8,11-13,19,21-27,29-31H,2-4,7,9-10,14-18H2,1H3/b11-6-,13-12+/t19-,21?,22-,23-,24-,25-,26-,27-,29-/m0/s1. The number of esters is 1. The zero-order valence-corrected chi connectivity index (χ0v) is 21.4. The van der Waals surface area contributed by atoms with E-state index in [0.29, 0.717) is 31.8 Å². The molecule has 0 spiro atoms. The molecule has 0 saturated carbocycles. The van der Waals surface area contributed by atoms with E-state index in [1.807, 2.05) is 12.2 Å². The molecule has 2 bridgehead atoms. The maximum atomic E-state index is 12.6. The summed E-state index contributed by atoms with van der Waals surface area (Å²) in [5.74, 6) is -0.125. The van der Waals surface area contributed by atoms with Crippen LogP contribution in [0.2, 0.25) is 0 Å². The summed E-state index contributed by atoms with van der Waals surface area (Å²) >= 11 is 0. The van der Waals surface area contributed by atoms with Crippen LogP contribution in [0.5, 0.6) is 0 Å². The van der Waals surface area contributed by atoms with E-state index < -0.39 is 24.3 Å². The second kappa shape index (κ2) is 13.2. The number of rotatable bonds is 3. The van der Waals surface area contributed by atoms with Crippen LogP contribution < -0.4 is 0 Å². The van der Waals surface area contributed by atoms with Crippen LogP contribution in [0.25, 0.3) is 0 Å². The molecule has 4 aliphatic heterocycles. The van der Waals surface area contributed by atoms with Crippen molar-refractivity contribution in [1.82, 2.24) is 0 Å². The molecule has 1 unspecified atom stereocenters. The van der Waals surface area contributed by atoms with Crippen LogP contribution in [0.4, 0.5) is 0 Å². The summed E-state index contributed by atoms with van der Waals surface area (Å²) in [5.41, 5.74) is 0.995. The zero-order chi connectivity index (χ0) is 25.5. The van der Waals surface area contributed by atoms with Crippen LogP contribution in [0.3, 0.4) is 0 Å². The summed E-state index contributed by atoms with van der Waals surface area (Å²) in [6.07, 6.45) is 14.8. The van der Waals surface area contributed by atoms with Gasteiger partial charge in [-0.25, -0.2) is 4.79 Å². The highest BCUT2D eigenvalue weighted by Crippen LogP contribution is 2.35. The summed E-state index contributed by atoms with van der Waals surface area (Å²) < 4.78 is 23.3. The van der Waals surface area contributed by atoms with Gasteiger partial charge in [-0.15, -0.1) is 0 Å². The Balaban J connectivity index is 1.44. The molecule has 0 aromatic carbocycles. The Morgan fingerprint density at radius 1 is 1.14 bits per heavy atom. The van der Waals surface area contributed by atoms with Crippen molar-refractivity contribution in [2.45, 2.75) is 114 Å². The zero-order valence-electron chi connectivity index (χ0n) is 21.4. The molecule has 0 amide bonds. The van der Waals surface area contributed by atoms with Gasteiger partial charge in [0.1, 0.15) is 18.3 Å². The summed E-state index contributed by atoms with van der Waals surface area (Å²) in [7, 11) is 0. The average Bonchev–Trinajstić information content (AvgIpc) is 3.62. The van der Waals surface area contributed by atoms with Gasteiger partial charge < -0.3 is 29.2 Å². The molecule has 7 heteroatoms. The lowest BCUT2D eigenvalue weighted by Gasteiger charge is -2.28. The minimum absolute atomic E-state index is 0.0317. The van der Waals surface area contributed by atoms with Gasteiger partial charge in [0.05, 0.1) is 30.5 Å². The van der Waals surface area contributed by atoms with Gasteiger partial charge in [-0.2, -0.15) is 0 Å². The van der Waals surface area contributed by atoms with Gasteiger partial charge in [0.15, 0.2) is 0 Å². The van der Waals surface area contributed by atoms with Gasteiger partial charge >= 0.3 is 5.97 Å². The highest BCUT2D eigenvalue weighted by molar-refractivity contribution is 5.82. The lowest BCUT2D eigenvalue weighted by molar-refractivity contribution is -0.148. The van der Waals surface area contributed by atoms with Crippen LogP contribution in [0.1, 0.15) is 64.7 Å². The Kier molecular flexibility index (Phi) is 9.96. The normalized spacial score (nSPS) is 40.5. The molecular formula is C29H42O7. The minimum Gasteiger partial charge on any atom is -0.456 e. The molecule has 2 N–H and O–H groups in total. The van der Waals surface area contributed by atoms with Gasteiger partial charge in [0.25, 0.3) is 0 Å². The summed E-state index contributed by atoms with van der Waals surface area (Å²) in [5, 5.41) is 21.6. The monoisotopic (exact) mass is 502 g/mol. The third-order valence-electron chi connectivity index (χ3n) is 7.39. The fourth-order valence-electron chi connectivity index (χ4n) is 5.47. The molecule has 36 heavy (non-hydrogen) atoms. The fraction of sp³-hybridized carbons (Fsp3) is 0.690. The number of epoxide rings is 1. The van der Waals surface area contributed by atoms with Crippen LogP contribution in [-0.4, -0.2) is 71.6 Å². The summed E-state index contributed by atoms with van der Waals surface area (Å²) in [6.45, 7) is 7.10. The third-order valence-corrected chi connectivity index (χ3v) is 7.39. The van der Waals surface area contributed by atoms with E-state index >= 15 is 0 Å². The second-order valence-electron chi connectivity index (χ2n) is 10.8. The number of aliphatic hydroxyl groups excluding tert-OH is 2. The van der Waals surface area contributed by atoms with E-state index in [9.17, 15) is 15.0 Å². The molecular weight excluding hydrogens is 460 g/mol.